The largest absolute Gasteiger partial charge is 0.494 e. The van der Waals surface area contributed by atoms with Gasteiger partial charge in [-0.2, -0.15) is 0 Å². The molecule has 5 aromatic carbocycles. The van der Waals surface area contributed by atoms with Crippen LogP contribution in [0.1, 0.15) is 49.9 Å². The molecule has 0 bridgehead atoms. The van der Waals surface area contributed by atoms with Crippen molar-refractivity contribution in [2.45, 2.75) is 38.8 Å². The molecule has 6 aromatic rings. The smallest absolute Gasteiger partial charge is 0.184 e. The summed E-state index contributed by atoms with van der Waals surface area (Å²) in [6.45, 7) is 7.63. The summed E-state index contributed by atoms with van der Waals surface area (Å²) in [5, 5.41) is 17.5. The van der Waals surface area contributed by atoms with E-state index >= 15 is 0 Å². The van der Waals surface area contributed by atoms with Crippen molar-refractivity contribution in [3.05, 3.63) is 179 Å². The second-order valence-corrected chi connectivity index (χ2v) is 13.1. The molecule has 2 heterocycles. The molecule has 0 atom stereocenters. The third kappa shape index (κ3) is 5.41. The van der Waals surface area contributed by atoms with E-state index in [1.54, 1.807) is 14.0 Å². The van der Waals surface area contributed by atoms with E-state index < -0.39 is 11.1 Å². The molecule has 0 aliphatic carbocycles. The summed E-state index contributed by atoms with van der Waals surface area (Å²) in [5.41, 5.74) is 7.29. The molecule has 0 radical (unpaired) electrons. The topological polar surface area (TPSA) is 81.9 Å². The van der Waals surface area contributed by atoms with E-state index in [0.717, 1.165) is 50.2 Å². The van der Waals surface area contributed by atoms with Gasteiger partial charge in [0.25, 0.3) is 0 Å². The molecule has 1 aromatic heterocycles. The fourth-order valence-corrected chi connectivity index (χ4v) is 7.59. The molecular weight excluding hydrogens is 619 g/mol. The highest BCUT2D eigenvalue weighted by atomic mass is 16.5. The number of tetrazole rings is 1. The summed E-state index contributed by atoms with van der Waals surface area (Å²) < 4.78 is 7.95. The van der Waals surface area contributed by atoms with Crippen LogP contribution in [0.3, 0.4) is 0 Å². The van der Waals surface area contributed by atoms with Crippen molar-refractivity contribution in [1.82, 2.24) is 25.5 Å². The van der Waals surface area contributed by atoms with Crippen molar-refractivity contribution in [1.29, 1.82) is 0 Å². The second kappa shape index (κ2) is 13.1. The summed E-state index contributed by atoms with van der Waals surface area (Å²) in [7, 11) is 1.64. The first-order chi connectivity index (χ1) is 24.3. The van der Waals surface area contributed by atoms with Gasteiger partial charge in [0, 0.05) is 16.7 Å². The Morgan fingerprint density at radius 2 is 1.24 bits per heavy atom. The highest BCUT2D eigenvalue weighted by molar-refractivity contribution is 6.07. The standard InChI is InChI=1S/C43H39N5O2/c1-29-40(50-5)38(39(30(2)49)42(3,4)44-29)32-26-27-36(31-18-10-6-11-19-31)37(28-32)41-45-46-47-48(41)43(33-20-12-7-13-21-33,34-22-14-8-15-23-34)35-24-16-9-17-25-35/h6-28,44H,1-5H3. The number of nitrogens with one attached hydrogen (secondary N) is 1. The first kappa shape index (κ1) is 32.5. The average molecular weight is 658 g/mol. The molecule has 50 heavy (non-hydrogen) atoms. The predicted molar refractivity (Wildman–Crippen MR) is 198 cm³/mol. The van der Waals surface area contributed by atoms with Crippen LogP contribution in [0.15, 0.2) is 157 Å². The normalized spacial score (nSPS) is 14.3. The highest BCUT2D eigenvalue weighted by Gasteiger charge is 2.42. The van der Waals surface area contributed by atoms with Crippen molar-refractivity contribution in [3.63, 3.8) is 0 Å². The van der Waals surface area contributed by atoms with Gasteiger partial charge in [-0.25, -0.2) is 4.68 Å². The SMILES string of the molecule is COC1=C(C)NC(C)(C)C(C(C)=O)=C1c1ccc(-c2ccccc2)c(-c2nnnn2C(c2ccccc2)(c2ccccc2)c2ccccc2)c1. The minimum absolute atomic E-state index is 0.0330. The molecule has 0 amide bonds. The number of methoxy groups -OCH3 is 1. The quantitative estimate of drug-likeness (QED) is 0.157. The Morgan fingerprint density at radius 3 is 1.74 bits per heavy atom. The van der Waals surface area contributed by atoms with Crippen LogP contribution in [0.5, 0.6) is 0 Å². The van der Waals surface area contributed by atoms with Crippen molar-refractivity contribution >= 4 is 11.4 Å². The fraction of sp³-hybridized carbons (Fsp3) is 0.163. The van der Waals surface area contributed by atoms with Crippen molar-refractivity contribution < 1.29 is 9.53 Å². The van der Waals surface area contributed by atoms with Gasteiger partial charge in [-0.1, -0.05) is 133 Å². The Balaban J connectivity index is 1.59. The average Bonchev–Trinajstić information content (AvgIpc) is 3.63. The summed E-state index contributed by atoms with van der Waals surface area (Å²) in [6.07, 6.45) is 0. The van der Waals surface area contributed by atoms with Gasteiger partial charge in [-0.15, -0.1) is 5.10 Å². The van der Waals surface area contributed by atoms with Gasteiger partial charge in [-0.05, 0) is 77.6 Å². The van der Waals surface area contributed by atoms with Crippen LogP contribution in [0.25, 0.3) is 28.1 Å². The van der Waals surface area contributed by atoms with Gasteiger partial charge in [-0.3, -0.25) is 4.79 Å². The zero-order chi connectivity index (χ0) is 34.9. The molecule has 1 N–H and O–H groups in total. The third-order valence-corrected chi connectivity index (χ3v) is 9.49. The number of hydrogen-bond donors (Lipinski definition) is 1. The highest BCUT2D eigenvalue weighted by Crippen LogP contribution is 2.45. The number of ether oxygens (including phenoxy) is 1. The number of aromatic nitrogens is 4. The Morgan fingerprint density at radius 1 is 0.720 bits per heavy atom. The van der Waals surface area contributed by atoms with E-state index in [4.69, 9.17) is 15.0 Å². The molecule has 0 saturated carbocycles. The monoisotopic (exact) mass is 657 g/mol. The summed E-state index contributed by atoms with van der Waals surface area (Å²) in [5.74, 6) is 1.16. The molecule has 7 heteroatoms. The van der Waals surface area contributed by atoms with Gasteiger partial charge in [0.15, 0.2) is 11.6 Å². The van der Waals surface area contributed by atoms with Crippen LogP contribution in [-0.4, -0.2) is 38.6 Å². The number of dihydropyridines is 1. The lowest BCUT2D eigenvalue weighted by atomic mass is 9.76. The van der Waals surface area contributed by atoms with Gasteiger partial charge >= 0.3 is 0 Å². The second-order valence-electron chi connectivity index (χ2n) is 13.1. The third-order valence-electron chi connectivity index (χ3n) is 9.49. The molecule has 248 valence electrons. The Labute approximate surface area is 293 Å². The number of ketones is 1. The van der Waals surface area contributed by atoms with Gasteiger partial charge in [0.2, 0.25) is 0 Å². The number of carbonyl (C=O) groups is 1. The number of nitrogens with zero attached hydrogens (tertiary/aromatic N) is 4. The summed E-state index contributed by atoms with van der Waals surface area (Å²) in [4.78, 5) is 13.4. The molecule has 0 saturated heterocycles. The summed E-state index contributed by atoms with van der Waals surface area (Å²) >= 11 is 0. The van der Waals surface area contributed by atoms with Crippen molar-refractivity contribution in [2.75, 3.05) is 7.11 Å². The maximum atomic E-state index is 13.4. The van der Waals surface area contributed by atoms with Gasteiger partial charge < -0.3 is 10.1 Å². The molecular formula is C43H39N5O2. The molecule has 7 nitrogen and oxygen atoms in total. The number of carbonyl (C=O) groups excluding carboxylic acids is 1. The maximum Gasteiger partial charge on any atom is 0.184 e. The zero-order valence-corrected chi connectivity index (χ0v) is 28.9. The van der Waals surface area contributed by atoms with Crippen LogP contribution in [-0.2, 0) is 15.1 Å². The predicted octanol–water partition coefficient (Wildman–Crippen LogP) is 8.45. The molecule has 0 unspecified atom stereocenters. The number of Topliss-reactive ketones (excluding diaryl/α,β-unsaturated/α-hetero) is 1. The molecule has 1 aliphatic heterocycles. The van der Waals surface area contributed by atoms with E-state index in [1.165, 1.54) is 0 Å². The van der Waals surface area contributed by atoms with Crippen molar-refractivity contribution in [2.24, 2.45) is 0 Å². The molecule has 0 fully saturated rings. The summed E-state index contributed by atoms with van der Waals surface area (Å²) in [6, 6.07) is 47.6. The van der Waals surface area contributed by atoms with E-state index in [0.29, 0.717) is 17.2 Å². The molecule has 0 spiro atoms. The van der Waals surface area contributed by atoms with Crippen LogP contribution < -0.4 is 5.32 Å². The number of allylic oxidation sites excluding steroid dienone is 2. The van der Waals surface area contributed by atoms with Crippen LogP contribution in [0.2, 0.25) is 0 Å². The van der Waals surface area contributed by atoms with E-state index in [9.17, 15) is 4.79 Å². The van der Waals surface area contributed by atoms with Crippen LogP contribution in [0.4, 0.5) is 0 Å². The Kier molecular flexibility index (Phi) is 8.50. The maximum absolute atomic E-state index is 13.4. The first-order valence-corrected chi connectivity index (χ1v) is 16.7. The lowest BCUT2D eigenvalue weighted by Crippen LogP contribution is -2.46. The fourth-order valence-electron chi connectivity index (χ4n) is 7.59. The minimum atomic E-state index is -0.943. The number of rotatable bonds is 9. The lowest BCUT2D eigenvalue weighted by Gasteiger charge is -2.37. The Bertz CT molecular complexity index is 2120. The van der Waals surface area contributed by atoms with Crippen LogP contribution in [0, 0.1) is 0 Å². The molecule has 1 aliphatic rings. The number of hydrogen-bond acceptors (Lipinski definition) is 6. The van der Waals surface area contributed by atoms with Gasteiger partial charge in [0.1, 0.15) is 11.3 Å². The lowest BCUT2D eigenvalue weighted by molar-refractivity contribution is -0.114. The molecule has 7 rings (SSSR count). The first-order valence-electron chi connectivity index (χ1n) is 16.7. The number of benzene rings is 5. The zero-order valence-electron chi connectivity index (χ0n) is 28.9. The van der Waals surface area contributed by atoms with E-state index in [2.05, 4.69) is 77.3 Å². The van der Waals surface area contributed by atoms with Gasteiger partial charge in [0.05, 0.1) is 18.3 Å². The van der Waals surface area contributed by atoms with E-state index in [-0.39, 0.29) is 5.78 Å². The Hall–Kier alpha value is -6.08. The minimum Gasteiger partial charge on any atom is -0.494 e. The van der Waals surface area contributed by atoms with Crippen LogP contribution >= 0.6 is 0 Å². The van der Waals surface area contributed by atoms with E-state index in [1.807, 2.05) is 98.2 Å². The van der Waals surface area contributed by atoms with Crippen molar-refractivity contribution in [3.8, 4) is 22.5 Å².